The topological polar surface area (TPSA) is 80.3 Å². The molecule has 4 rings (SSSR count). The lowest BCUT2D eigenvalue weighted by molar-refractivity contribution is -0.115. The van der Waals surface area contributed by atoms with Crippen molar-refractivity contribution in [1.29, 1.82) is 0 Å². The molecular weight excluding hydrogens is 490 g/mol. The number of fused-ring (bicyclic) bond motifs is 1. The van der Waals surface area contributed by atoms with E-state index >= 15 is 0 Å². The number of nitrogens with one attached hydrogen (secondary N) is 2. The Kier molecular flexibility index (Phi) is 7.72. The summed E-state index contributed by atoms with van der Waals surface area (Å²) in [5.74, 6) is 0.379. The number of amides is 2. The van der Waals surface area contributed by atoms with Crippen LogP contribution in [0.15, 0.2) is 71.1 Å². The number of rotatable bonds is 8. The molecule has 2 N–H and O–H groups in total. The fourth-order valence-electron chi connectivity index (χ4n) is 3.13. The first-order valence-electron chi connectivity index (χ1n) is 10.6. The van der Waals surface area contributed by atoms with Crippen molar-refractivity contribution >= 4 is 68.1 Å². The number of thiazole rings is 1. The third-order valence-electron chi connectivity index (χ3n) is 4.82. The molecule has 0 radical (unpaired) electrons. The van der Waals surface area contributed by atoms with E-state index in [0.29, 0.717) is 28.6 Å². The lowest BCUT2D eigenvalue weighted by atomic mass is 10.2. The molecular formula is C25H22ClN3O3S2. The van der Waals surface area contributed by atoms with E-state index in [1.54, 1.807) is 30.3 Å². The second-order valence-corrected chi connectivity index (χ2v) is 10.3. The number of halogens is 1. The summed E-state index contributed by atoms with van der Waals surface area (Å²) >= 11 is 8.99. The van der Waals surface area contributed by atoms with Crippen LogP contribution in [-0.2, 0) is 4.79 Å². The SMILES string of the molecule is CCOc1ccc(NC(=O)C(C)Sc2nc3ccc(NC(=O)c4ccccc4Cl)cc3s2)cc1. The predicted octanol–water partition coefficient (Wildman–Crippen LogP) is 6.72. The third-order valence-corrected chi connectivity index (χ3v) is 7.37. The normalized spacial score (nSPS) is 11.7. The Morgan fingerprint density at radius 3 is 2.53 bits per heavy atom. The van der Waals surface area contributed by atoms with Crippen LogP contribution in [0.2, 0.25) is 5.02 Å². The minimum atomic E-state index is -0.341. The fourth-order valence-corrected chi connectivity index (χ4v) is 5.60. The summed E-state index contributed by atoms with van der Waals surface area (Å²) in [5, 5.41) is 5.85. The summed E-state index contributed by atoms with van der Waals surface area (Å²) in [6, 6.07) is 19.7. The molecule has 0 bridgehead atoms. The molecule has 34 heavy (non-hydrogen) atoms. The maximum Gasteiger partial charge on any atom is 0.257 e. The summed E-state index contributed by atoms with van der Waals surface area (Å²) in [6.45, 7) is 4.36. The van der Waals surface area contributed by atoms with Crippen molar-refractivity contribution < 1.29 is 14.3 Å². The van der Waals surface area contributed by atoms with E-state index in [0.717, 1.165) is 20.3 Å². The fraction of sp³-hybridized carbons (Fsp3) is 0.160. The molecule has 9 heteroatoms. The van der Waals surface area contributed by atoms with Crippen LogP contribution in [0.4, 0.5) is 11.4 Å². The lowest BCUT2D eigenvalue weighted by Gasteiger charge is -2.11. The van der Waals surface area contributed by atoms with Gasteiger partial charge < -0.3 is 15.4 Å². The highest BCUT2D eigenvalue weighted by atomic mass is 35.5. The van der Waals surface area contributed by atoms with Crippen molar-refractivity contribution in [3.8, 4) is 5.75 Å². The number of carbonyl (C=O) groups is 2. The summed E-state index contributed by atoms with van der Waals surface area (Å²) in [5.41, 5.74) is 2.59. The first kappa shape index (κ1) is 24.1. The maximum atomic E-state index is 12.6. The molecule has 6 nitrogen and oxygen atoms in total. The minimum Gasteiger partial charge on any atom is -0.494 e. The van der Waals surface area contributed by atoms with Crippen LogP contribution < -0.4 is 15.4 Å². The Labute approximate surface area is 210 Å². The molecule has 0 saturated carbocycles. The van der Waals surface area contributed by atoms with Crippen LogP contribution in [0.1, 0.15) is 24.2 Å². The van der Waals surface area contributed by atoms with Crippen LogP contribution in [0.3, 0.4) is 0 Å². The predicted molar refractivity (Wildman–Crippen MR) is 141 cm³/mol. The van der Waals surface area contributed by atoms with Gasteiger partial charge in [0.2, 0.25) is 5.91 Å². The number of carbonyl (C=O) groups excluding carboxylic acids is 2. The summed E-state index contributed by atoms with van der Waals surface area (Å²) < 4.78 is 7.12. The van der Waals surface area contributed by atoms with Crippen molar-refractivity contribution in [2.24, 2.45) is 0 Å². The highest BCUT2D eigenvalue weighted by Gasteiger charge is 2.18. The van der Waals surface area contributed by atoms with E-state index in [9.17, 15) is 9.59 Å². The van der Waals surface area contributed by atoms with Crippen molar-refractivity contribution in [3.05, 3.63) is 77.3 Å². The quantitative estimate of drug-likeness (QED) is 0.257. The van der Waals surface area contributed by atoms with Gasteiger partial charge in [-0.1, -0.05) is 35.5 Å². The summed E-state index contributed by atoms with van der Waals surface area (Å²) in [4.78, 5) is 29.8. The molecule has 2 amide bonds. The number of hydrogen-bond donors (Lipinski definition) is 2. The van der Waals surface area contributed by atoms with Gasteiger partial charge in [0.1, 0.15) is 5.75 Å². The number of ether oxygens (including phenoxy) is 1. The Morgan fingerprint density at radius 2 is 1.79 bits per heavy atom. The van der Waals surface area contributed by atoms with Crippen LogP contribution >= 0.6 is 34.7 Å². The largest absolute Gasteiger partial charge is 0.494 e. The van der Waals surface area contributed by atoms with Crippen molar-refractivity contribution in [3.63, 3.8) is 0 Å². The zero-order valence-electron chi connectivity index (χ0n) is 18.5. The molecule has 3 aromatic carbocycles. The second-order valence-electron chi connectivity index (χ2n) is 7.30. The molecule has 0 saturated heterocycles. The monoisotopic (exact) mass is 511 g/mol. The zero-order valence-corrected chi connectivity index (χ0v) is 20.9. The average Bonchev–Trinajstić information content (AvgIpc) is 3.22. The lowest BCUT2D eigenvalue weighted by Crippen LogP contribution is -2.22. The van der Waals surface area contributed by atoms with Gasteiger partial charge in [-0.05, 0) is 68.4 Å². The molecule has 0 aliphatic carbocycles. The van der Waals surface area contributed by atoms with E-state index < -0.39 is 0 Å². The molecule has 1 heterocycles. The van der Waals surface area contributed by atoms with Gasteiger partial charge in [-0.3, -0.25) is 9.59 Å². The van der Waals surface area contributed by atoms with Crippen molar-refractivity contribution in [2.45, 2.75) is 23.4 Å². The van der Waals surface area contributed by atoms with Crippen LogP contribution in [0.5, 0.6) is 5.75 Å². The van der Waals surface area contributed by atoms with E-state index in [1.165, 1.54) is 23.1 Å². The van der Waals surface area contributed by atoms with Crippen LogP contribution in [-0.4, -0.2) is 28.7 Å². The highest BCUT2D eigenvalue weighted by Crippen LogP contribution is 2.34. The van der Waals surface area contributed by atoms with Gasteiger partial charge in [-0.25, -0.2) is 4.98 Å². The Morgan fingerprint density at radius 1 is 1.06 bits per heavy atom. The highest BCUT2D eigenvalue weighted by molar-refractivity contribution is 8.02. The van der Waals surface area contributed by atoms with Gasteiger partial charge in [0.25, 0.3) is 5.91 Å². The minimum absolute atomic E-state index is 0.110. The number of nitrogens with zero attached hydrogens (tertiary/aromatic N) is 1. The third kappa shape index (κ3) is 5.88. The van der Waals surface area contributed by atoms with Gasteiger partial charge in [0.15, 0.2) is 4.34 Å². The average molecular weight is 512 g/mol. The van der Waals surface area contributed by atoms with Gasteiger partial charge in [-0.15, -0.1) is 11.3 Å². The standard InChI is InChI=1S/C25H22ClN3O3S2/c1-3-32-18-11-8-16(9-12-18)27-23(30)15(2)33-25-29-21-13-10-17(14-22(21)34-25)28-24(31)19-6-4-5-7-20(19)26/h4-15H,3H2,1-2H3,(H,27,30)(H,28,31). The second kappa shape index (κ2) is 10.9. The molecule has 0 spiro atoms. The van der Waals surface area contributed by atoms with Crippen LogP contribution in [0, 0.1) is 0 Å². The number of anilines is 2. The van der Waals surface area contributed by atoms with Crippen molar-refractivity contribution in [1.82, 2.24) is 4.98 Å². The molecule has 0 fully saturated rings. The smallest absolute Gasteiger partial charge is 0.257 e. The molecule has 0 aliphatic rings. The van der Waals surface area contributed by atoms with E-state index in [-0.39, 0.29) is 17.1 Å². The molecule has 0 aliphatic heterocycles. The van der Waals surface area contributed by atoms with Gasteiger partial charge in [0, 0.05) is 11.4 Å². The summed E-state index contributed by atoms with van der Waals surface area (Å²) in [6.07, 6.45) is 0. The Balaban J connectivity index is 1.40. The molecule has 1 aromatic heterocycles. The zero-order chi connectivity index (χ0) is 24.1. The molecule has 174 valence electrons. The maximum absolute atomic E-state index is 12.6. The molecule has 1 atom stereocenters. The van der Waals surface area contributed by atoms with E-state index in [4.69, 9.17) is 16.3 Å². The van der Waals surface area contributed by atoms with E-state index in [2.05, 4.69) is 15.6 Å². The van der Waals surface area contributed by atoms with Gasteiger partial charge >= 0.3 is 0 Å². The Bertz CT molecular complexity index is 1320. The number of hydrogen-bond acceptors (Lipinski definition) is 6. The van der Waals surface area contributed by atoms with Crippen molar-refractivity contribution in [2.75, 3.05) is 17.2 Å². The Hall–Kier alpha value is -3.07. The van der Waals surface area contributed by atoms with E-state index in [1.807, 2.05) is 50.2 Å². The molecule has 1 unspecified atom stereocenters. The first-order chi connectivity index (χ1) is 16.4. The molecule has 4 aromatic rings. The summed E-state index contributed by atoms with van der Waals surface area (Å²) in [7, 11) is 0. The van der Waals surface area contributed by atoms with Crippen LogP contribution in [0.25, 0.3) is 10.2 Å². The number of benzene rings is 3. The first-order valence-corrected chi connectivity index (χ1v) is 12.7. The van der Waals surface area contributed by atoms with Gasteiger partial charge in [0.05, 0.1) is 32.7 Å². The van der Waals surface area contributed by atoms with Gasteiger partial charge in [-0.2, -0.15) is 0 Å². The number of aromatic nitrogens is 1. The number of thioether (sulfide) groups is 1.